The lowest BCUT2D eigenvalue weighted by Crippen LogP contribution is -1.95. The average molecular weight is 147 g/mol. The van der Waals surface area contributed by atoms with Gasteiger partial charge in [0.05, 0.1) is 0 Å². The van der Waals surface area contributed by atoms with Crippen molar-refractivity contribution in [1.29, 1.82) is 0 Å². The maximum atomic E-state index is 11.9. The molecule has 0 aromatic carbocycles. The summed E-state index contributed by atoms with van der Waals surface area (Å²) < 4.78 is 11.9. The number of aromatic nitrogens is 1. The summed E-state index contributed by atoms with van der Waals surface area (Å²) in [7, 11) is 0. The number of thiazole rings is 1. The number of nitrogens with zero attached hydrogens (tertiary/aromatic N) is 1. The number of rotatable bonds is 1. The van der Waals surface area contributed by atoms with Gasteiger partial charge in [0.15, 0.2) is 5.69 Å². The Balaban J connectivity index is 2.98. The van der Waals surface area contributed by atoms with E-state index >= 15 is 0 Å². The summed E-state index contributed by atoms with van der Waals surface area (Å²) in [4.78, 5) is 13.1. The van der Waals surface area contributed by atoms with E-state index in [0.29, 0.717) is 11.3 Å². The van der Waals surface area contributed by atoms with Crippen LogP contribution in [0.2, 0.25) is 0 Å². The first kappa shape index (κ1) is 6.15. The second-order valence-corrected chi connectivity index (χ2v) is 2.10. The lowest BCUT2D eigenvalue weighted by atomic mass is 10.5. The van der Waals surface area contributed by atoms with Crippen molar-refractivity contribution in [2.75, 3.05) is 0 Å². The van der Waals surface area contributed by atoms with Gasteiger partial charge in [-0.2, -0.15) is 4.39 Å². The molecule has 0 saturated heterocycles. The molecule has 0 spiro atoms. The van der Waals surface area contributed by atoms with Crippen molar-refractivity contribution >= 4 is 17.3 Å². The Morgan fingerprint density at radius 2 is 2.56 bits per heavy atom. The third-order valence-corrected chi connectivity index (χ3v) is 1.32. The summed E-state index contributed by atoms with van der Waals surface area (Å²) in [6, 6.07) is 0. The Morgan fingerprint density at radius 1 is 1.89 bits per heavy atom. The minimum atomic E-state index is -1.20. The molecule has 1 heterocycles. The van der Waals surface area contributed by atoms with Gasteiger partial charge in [0.2, 0.25) is 0 Å². The van der Waals surface area contributed by atoms with Crippen molar-refractivity contribution in [2.24, 2.45) is 0 Å². The molecule has 5 heteroatoms. The highest BCUT2D eigenvalue weighted by Crippen LogP contribution is 2.06. The van der Waals surface area contributed by atoms with E-state index < -0.39 is 11.2 Å². The fraction of sp³-hybridized carbons (Fsp3) is 0. The minimum Gasteiger partial charge on any atom is -0.476 e. The third-order valence-electron chi connectivity index (χ3n) is 0.695. The molecule has 48 valence electrons. The summed E-state index contributed by atoms with van der Waals surface area (Å²) in [5.74, 6) is -1.20. The summed E-state index contributed by atoms with van der Waals surface area (Å²) in [5.41, 5.74) is -0.238. The van der Waals surface area contributed by atoms with Crippen LogP contribution in [0.5, 0.6) is 0 Å². The monoisotopic (exact) mass is 147 g/mol. The molecule has 0 atom stereocenters. The van der Waals surface area contributed by atoms with Crippen LogP contribution in [0.1, 0.15) is 10.5 Å². The maximum Gasteiger partial charge on any atom is 0.355 e. The van der Waals surface area contributed by atoms with Crippen molar-refractivity contribution in [2.45, 2.75) is 0 Å². The number of carboxylic acids is 1. The van der Waals surface area contributed by atoms with Gasteiger partial charge in [-0.15, -0.1) is 0 Å². The lowest BCUT2D eigenvalue weighted by molar-refractivity contribution is 0.0690. The fourth-order valence-corrected chi connectivity index (χ4v) is 0.864. The number of aromatic carboxylic acids is 1. The Hall–Kier alpha value is -0.970. The van der Waals surface area contributed by atoms with Gasteiger partial charge >= 0.3 is 5.97 Å². The number of hydrogen-bond donors (Lipinski definition) is 1. The molecular weight excluding hydrogens is 145 g/mol. The third kappa shape index (κ3) is 1.23. The highest BCUT2D eigenvalue weighted by Gasteiger charge is 2.06. The van der Waals surface area contributed by atoms with E-state index in [2.05, 4.69) is 4.98 Å². The topological polar surface area (TPSA) is 50.2 Å². The molecule has 9 heavy (non-hydrogen) atoms. The number of carboxylic acid groups (broad SMARTS) is 1. The fourth-order valence-electron chi connectivity index (χ4n) is 0.350. The summed E-state index contributed by atoms with van der Waals surface area (Å²) >= 11 is 0.674. The van der Waals surface area contributed by atoms with Crippen LogP contribution in [0.15, 0.2) is 5.38 Å². The molecule has 0 radical (unpaired) electrons. The standard InChI is InChI=1S/C4H2FNO2S/c5-4-6-2(1-9-4)3(7)8/h1H,(H,7,8). The van der Waals surface area contributed by atoms with E-state index in [1.807, 2.05) is 0 Å². The minimum absolute atomic E-state index is 0.238. The normalized spacial score (nSPS) is 9.44. The highest BCUT2D eigenvalue weighted by molar-refractivity contribution is 7.08. The van der Waals surface area contributed by atoms with Gasteiger partial charge in [0, 0.05) is 5.38 Å². The van der Waals surface area contributed by atoms with Crippen molar-refractivity contribution in [3.05, 3.63) is 16.3 Å². The van der Waals surface area contributed by atoms with Crippen LogP contribution >= 0.6 is 11.3 Å². The zero-order chi connectivity index (χ0) is 6.85. The average Bonchev–Trinajstić information content (AvgIpc) is 2.14. The van der Waals surface area contributed by atoms with Crippen LogP contribution in [-0.2, 0) is 0 Å². The molecule has 0 unspecified atom stereocenters. The van der Waals surface area contributed by atoms with Crippen molar-refractivity contribution in [1.82, 2.24) is 4.98 Å². The Bertz CT molecular complexity index is 234. The smallest absolute Gasteiger partial charge is 0.355 e. The van der Waals surface area contributed by atoms with Crippen molar-refractivity contribution in [3.8, 4) is 0 Å². The van der Waals surface area contributed by atoms with Crippen LogP contribution in [0, 0.1) is 5.26 Å². The molecule has 0 aliphatic carbocycles. The first-order valence-corrected chi connectivity index (χ1v) is 2.92. The van der Waals surface area contributed by atoms with E-state index in [9.17, 15) is 9.18 Å². The largest absolute Gasteiger partial charge is 0.476 e. The number of hydrogen-bond acceptors (Lipinski definition) is 3. The van der Waals surface area contributed by atoms with Gasteiger partial charge in [-0.3, -0.25) is 0 Å². The maximum absolute atomic E-state index is 11.9. The predicted octanol–water partition coefficient (Wildman–Crippen LogP) is 0.980. The Kier molecular flexibility index (Phi) is 1.44. The second-order valence-electron chi connectivity index (χ2n) is 1.29. The first-order valence-electron chi connectivity index (χ1n) is 2.04. The molecule has 1 N–H and O–H groups in total. The van der Waals surface area contributed by atoms with E-state index in [4.69, 9.17) is 5.11 Å². The number of halogens is 1. The van der Waals surface area contributed by atoms with E-state index in [0.717, 1.165) is 5.38 Å². The predicted molar refractivity (Wildman–Crippen MR) is 29.0 cm³/mol. The summed E-state index contributed by atoms with van der Waals surface area (Å²) in [5, 5.41) is 8.61. The zero-order valence-corrected chi connectivity index (χ0v) is 4.98. The quantitative estimate of drug-likeness (QED) is 0.644. The van der Waals surface area contributed by atoms with Crippen LogP contribution in [0.25, 0.3) is 0 Å². The molecular formula is C4H2FNO2S. The summed E-state index contributed by atoms with van der Waals surface area (Å²) in [6.07, 6.45) is 0. The molecule has 1 rings (SSSR count). The molecule has 0 fully saturated rings. The van der Waals surface area contributed by atoms with E-state index in [1.165, 1.54) is 0 Å². The molecule has 0 amide bonds. The van der Waals surface area contributed by atoms with Gasteiger partial charge in [-0.25, -0.2) is 9.78 Å². The van der Waals surface area contributed by atoms with Crippen molar-refractivity contribution < 1.29 is 14.3 Å². The second kappa shape index (κ2) is 2.10. The molecule has 0 aliphatic rings. The van der Waals surface area contributed by atoms with Gasteiger partial charge in [-0.05, 0) is 0 Å². The molecule has 0 aliphatic heterocycles. The molecule has 3 nitrogen and oxygen atoms in total. The molecule has 0 saturated carbocycles. The molecule has 0 bridgehead atoms. The van der Waals surface area contributed by atoms with Crippen molar-refractivity contribution in [3.63, 3.8) is 0 Å². The first-order chi connectivity index (χ1) is 4.20. The van der Waals surface area contributed by atoms with Crippen LogP contribution in [0.3, 0.4) is 0 Å². The molecule has 1 aromatic rings. The molecule has 1 aromatic heterocycles. The van der Waals surface area contributed by atoms with Gasteiger partial charge in [0.25, 0.3) is 5.26 Å². The van der Waals surface area contributed by atoms with E-state index in [-0.39, 0.29) is 5.69 Å². The van der Waals surface area contributed by atoms with Gasteiger partial charge in [0.1, 0.15) is 0 Å². The van der Waals surface area contributed by atoms with Crippen LogP contribution in [0.4, 0.5) is 4.39 Å². The summed E-state index contributed by atoms with van der Waals surface area (Å²) in [6.45, 7) is 0. The zero-order valence-electron chi connectivity index (χ0n) is 4.17. The Labute approximate surface area is 53.8 Å². The van der Waals surface area contributed by atoms with Gasteiger partial charge < -0.3 is 5.11 Å². The number of carbonyl (C=O) groups is 1. The SMILES string of the molecule is O=C(O)c1csc(F)n1. The Morgan fingerprint density at radius 3 is 2.78 bits per heavy atom. The lowest BCUT2D eigenvalue weighted by Gasteiger charge is -1.78. The van der Waals surface area contributed by atoms with Gasteiger partial charge in [-0.1, -0.05) is 11.3 Å². The van der Waals surface area contributed by atoms with Crippen LogP contribution in [-0.4, -0.2) is 16.1 Å². The highest BCUT2D eigenvalue weighted by atomic mass is 32.1. The van der Waals surface area contributed by atoms with E-state index in [1.54, 1.807) is 0 Å². The van der Waals surface area contributed by atoms with Crippen LogP contribution < -0.4 is 0 Å².